The van der Waals surface area contributed by atoms with Gasteiger partial charge in [0.05, 0.1) is 39.0 Å². The van der Waals surface area contributed by atoms with Crippen LogP contribution in [0.5, 0.6) is 17.2 Å². The number of anilines is 1. The zero-order chi connectivity index (χ0) is 27.3. The van der Waals surface area contributed by atoms with E-state index in [1.807, 2.05) is 0 Å². The maximum Gasteiger partial charge on any atom is 0.329 e. The highest BCUT2D eigenvalue weighted by atomic mass is 32.2. The number of carbonyl (C=O) groups is 1. The fourth-order valence-corrected chi connectivity index (χ4v) is 5.57. The van der Waals surface area contributed by atoms with Crippen molar-refractivity contribution in [1.29, 1.82) is 0 Å². The third-order valence-corrected chi connectivity index (χ3v) is 7.62. The van der Waals surface area contributed by atoms with Crippen molar-refractivity contribution < 1.29 is 40.9 Å². The van der Waals surface area contributed by atoms with Gasteiger partial charge in [-0.1, -0.05) is 18.2 Å². The van der Waals surface area contributed by atoms with Crippen LogP contribution in [0.4, 0.5) is 14.5 Å². The predicted octanol–water partition coefficient (Wildman–Crippen LogP) is 4.34. The Morgan fingerprint density at radius 2 is 1.46 bits per heavy atom. The molecule has 198 valence electrons. The lowest BCUT2D eigenvalue weighted by molar-refractivity contribution is -0.141. The van der Waals surface area contributed by atoms with E-state index in [1.54, 1.807) is 6.07 Å². The van der Waals surface area contributed by atoms with Crippen molar-refractivity contribution in [1.82, 2.24) is 0 Å². The van der Waals surface area contributed by atoms with Crippen molar-refractivity contribution in [3.05, 3.63) is 77.4 Å². The largest absolute Gasteiger partial charge is 0.495 e. The summed E-state index contributed by atoms with van der Waals surface area (Å²) < 4.78 is 78.8. The van der Waals surface area contributed by atoms with Gasteiger partial charge in [0.25, 0.3) is 10.0 Å². The lowest BCUT2D eigenvalue weighted by atomic mass is 10.0. The van der Waals surface area contributed by atoms with Crippen LogP contribution in [-0.4, -0.2) is 48.9 Å². The molecule has 0 bridgehead atoms. The monoisotopic (exact) mass is 535 g/mol. The number of rotatable bonds is 10. The zero-order valence-corrected chi connectivity index (χ0v) is 21.8. The fourth-order valence-electron chi connectivity index (χ4n) is 3.90. The number of para-hydroxylation sites is 1. The normalized spacial score (nSPS) is 12.0. The summed E-state index contributed by atoms with van der Waals surface area (Å²) in [6.45, 7) is 1.34. The van der Waals surface area contributed by atoms with E-state index in [4.69, 9.17) is 18.9 Å². The van der Waals surface area contributed by atoms with Gasteiger partial charge in [-0.2, -0.15) is 0 Å². The molecular formula is C26H27F2NO7S. The van der Waals surface area contributed by atoms with Crippen LogP contribution in [-0.2, 0) is 26.0 Å². The van der Waals surface area contributed by atoms with Gasteiger partial charge in [0, 0.05) is 18.1 Å². The van der Waals surface area contributed by atoms with Gasteiger partial charge in [-0.05, 0) is 42.8 Å². The number of ether oxygens (including phenoxy) is 4. The first-order valence-electron chi connectivity index (χ1n) is 11.0. The maximum atomic E-state index is 14.5. The SMILES string of the molecule is COC(=O)[C@@H](C)N(c1c(Cc2c(F)cccc2F)cccc1OC)S(=O)(=O)c1ccc(OC)c(OC)c1. The summed E-state index contributed by atoms with van der Waals surface area (Å²) in [5, 5.41) is 0. The molecule has 0 heterocycles. The number of benzene rings is 3. The molecule has 0 N–H and O–H groups in total. The molecule has 1 atom stereocenters. The molecule has 0 unspecified atom stereocenters. The molecule has 37 heavy (non-hydrogen) atoms. The van der Waals surface area contributed by atoms with Crippen LogP contribution in [0.1, 0.15) is 18.1 Å². The van der Waals surface area contributed by atoms with Gasteiger partial charge in [-0.15, -0.1) is 0 Å². The van der Waals surface area contributed by atoms with E-state index in [9.17, 15) is 22.0 Å². The number of nitrogens with zero attached hydrogens (tertiary/aromatic N) is 1. The Hall–Kier alpha value is -3.86. The minimum atomic E-state index is -4.50. The molecule has 0 amide bonds. The van der Waals surface area contributed by atoms with Gasteiger partial charge in [-0.25, -0.2) is 26.3 Å². The Morgan fingerprint density at radius 3 is 2.03 bits per heavy atom. The average molecular weight is 536 g/mol. The van der Waals surface area contributed by atoms with Crippen LogP contribution in [0.2, 0.25) is 0 Å². The maximum absolute atomic E-state index is 14.5. The van der Waals surface area contributed by atoms with E-state index in [-0.39, 0.29) is 39.6 Å². The summed E-state index contributed by atoms with van der Waals surface area (Å²) in [5.41, 5.74) is -0.144. The summed E-state index contributed by atoms with van der Waals surface area (Å²) in [6, 6.07) is 10.5. The lowest BCUT2D eigenvalue weighted by Gasteiger charge is -2.32. The smallest absolute Gasteiger partial charge is 0.329 e. The summed E-state index contributed by atoms with van der Waals surface area (Å²) in [4.78, 5) is 12.4. The molecule has 3 rings (SSSR count). The highest BCUT2D eigenvalue weighted by molar-refractivity contribution is 7.93. The molecule has 0 saturated heterocycles. The van der Waals surface area contributed by atoms with E-state index < -0.39 is 33.7 Å². The molecule has 0 aromatic heterocycles. The first kappa shape index (κ1) is 27.7. The highest BCUT2D eigenvalue weighted by Crippen LogP contribution is 2.40. The van der Waals surface area contributed by atoms with Crippen molar-refractivity contribution in [2.24, 2.45) is 0 Å². The molecule has 3 aromatic carbocycles. The highest BCUT2D eigenvalue weighted by Gasteiger charge is 2.38. The van der Waals surface area contributed by atoms with Crippen LogP contribution in [0.25, 0.3) is 0 Å². The van der Waals surface area contributed by atoms with Gasteiger partial charge in [0.2, 0.25) is 0 Å². The number of halogens is 2. The van der Waals surface area contributed by atoms with Crippen LogP contribution in [0, 0.1) is 11.6 Å². The molecule has 0 saturated carbocycles. The van der Waals surface area contributed by atoms with Gasteiger partial charge in [-0.3, -0.25) is 0 Å². The third-order valence-electron chi connectivity index (χ3n) is 5.76. The number of carbonyl (C=O) groups excluding carboxylic acids is 1. The van der Waals surface area contributed by atoms with E-state index in [0.717, 1.165) is 23.5 Å². The van der Waals surface area contributed by atoms with Crippen LogP contribution in [0.15, 0.2) is 59.5 Å². The molecule has 11 heteroatoms. The number of sulfonamides is 1. The minimum Gasteiger partial charge on any atom is -0.495 e. The Kier molecular flexibility index (Phi) is 8.59. The van der Waals surface area contributed by atoms with Gasteiger partial charge >= 0.3 is 5.97 Å². The van der Waals surface area contributed by atoms with Crippen molar-refractivity contribution >= 4 is 21.7 Å². The Labute approximate surface area is 214 Å². The Morgan fingerprint density at radius 1 is 0.865 bits per heavy atom. The summed E-state index contributed by atoms with van der Waals surface area (Å²) in [7, 11) is 0.689. The lowest BCUT2D eigenvalue weighted by Crippen LogP contribution is -2.44. The number of methoxy groups -OCH3 is 4. The molecule has 0 aliphatic rings. The number of esters is 1. The van der Waals surface area contributed by atoms with Crippen molar-refractivity contribution in [2.75, 3.05) is 32.7 Å². The van der Waals surface area contributed by atoms with E-state index in [0.29, 0.717) is 5.75 Å². The third kappa shape index (κ3) is 5.46. The van der Waals surface area contributed by atoms with E-state index in [2.05, 4.69) is 0 Å². The van der Waals surface area contributed by atoms with Crippen molar-refractivity contribution in [2.45, 2.75) is 24.3 Å². The molecule has 0 spiro atoms. The average Bonchev–Trinajstić information content (AvgIpc) is 2.90. The van der Waals surface area contributed by atoms with Crippen molar-refractivity contribution in [3.63, 3.8) is 0 Å². The van der Waals surface area contributed by atoms with Gasteiger partial charge < -0.3 is 18.9 Å². The molecule has 0 fully saturated rings. The minimum absolute atomic E-state index is 0.0639. The second-order valence-corrected chi connectivity index (χ2v) is 9.68. The fraction of sp³-hybridized carbons (Fsp3) is 0.269. The summed E-state index contributed by atoms with van der Waals surface area (Å²) >= 11 is 0. The second-order valence-electron chi connectivity index (χ2n) is 7.86. The summed E-state index contributed by atoms with van der Waals surface area (Å²) in [6.07, 6.45) is -0.323. The molecule has 0 aliphatic heterocycles. The van der Waals surface area contributed by atoms with Crippen LogP contribution in [0.3, 0.4) is 0 Å². The first-order chi connectivity index (χ1) is 17.6. The molecule has 8 nitrogen and oxygen atoms in total. The number of hydrogen-bond acceptors (Lipinski definition) is 7. The van der Waals surface area contributed by atoms with Gasteiger partial charge in [0.1, 0.15) is 23.4 Å². The quantitative estimate of drug-likeness (QED) is 0.357. The van der Waals surface area contributed by atoms with Gasteiger partial charge in [0.15, 0.2) is 11.5 Å². The van der Waals surface area contributed by atoms with E-state index >= 15 is 0 Å². The standard InChI is InChI=1S/C26H27F2NO7S/c1-16(26(30)36-5)29(37(31,32)18-12-13-22(33-2)24(15-18)35-4)25-17(8-6-11-23(25)34-3)14-19-20(27)9-7-10-21(19)28/h6-13,15-16H,14H2,1-5H3/t16-/m1/s1. The molecule has 0 aliphatic carbocycles. The zero-order valence-electron chi connectivity index (χ0n) is 20.9. The molecule has 0 radical (unpaired) electrons. The van der Waals surface area contributed by atoms with Crippen LogP contribution >= 0.6 is 0 Å². The second kappa shape index (κ2) is 11.5. The van der Waals surface area contributed by atoms with Crippen LogP contribution < -0.4 is 18.5 Å². The Bertz CT molecular complexity index is 1380. The number of hydrogen-bond donors (Lipinski definition) is 0. The van der Waals surface area contributed by atoms with E-state index in [1.165, 1.54) is 64.7 Å². The molecule has 3 aromatic rings. The predicted molar refractivity (Wildman–Crippen MR) is 133 cm³/mol. The summed E-state index contributed by atoms with van der Waals surface area (Å²) in [5.74, 6) is -1.97. The van der Waals surface area contributed by atoms with Crippen molar-refractivity contribution in [3.8, 4) is 17.2 Å². The topological polar surface area (TPSA) is 91.4 Å². The Balaban J connectivity index is 2.31. The first-order valence-corrected chi connectivity index (χ1v) is 12.5. The molecular weight excluding hydrogens is 508 g/mol.